The van der Waals surface area contributed by atoms with Crippen LogP contribution in [0.3, 0.4) is 0 Å². The van der Waals surface area contributed by atoms with Gasteiger partial charge in [-0.05, 0) is 32.8 Å². The van der Waals surface area contributed by atoms with Gasteiger partial charge in [0.05, 0.1) is 25.2 Å². The maximum Gasteiger partial charge on any atom is 0.343 e. The van der Waals surface area contributed by atoms with Gasteiger partial charge in [0.2, 0.25) is 5.43 Å². The summed E-state index contributed by atoms with van der Waals surface area (Å²) in [6.07, 6.45) is 1.12. The zero-order valence-corrected chi connectivity index (χ0v) is 15.0. The molecule has 1 heterocycles. The lowest BCUT2D eigenvalue weighted by Crippen LogP contribution is -2.28. The standard InChI is InChI=1S/C19H19F2NO5/c1-3-26-16(23)9-15-17(19(25)27-4-2)18(24)11-7-12(20)13(21)8-14(11)22(15)10-5-6-10/h7-8,10H,3-6,9H2,1-2H3. The van der Waals surface area contributed by atoms with Gasteiger partial charge in [0.15, 0.2) is 11.6 Å². The molecule has 1 aromatic carbocycles. The van der Waals surface area contributed by atoms with Crippen LogP contribution in [0.25, 0.3) is 10.9 Å². The Hall–Kier alpha value is -2.77. The third-order valence-electron chi connectivity index (χ3n) is 4.36. The van der Waals surface area contributed by atoms with Crippen molar-refractivity contribution in [1.82, 2.24) is 4.57 Å². The summed E-state index contributed by atoms with van der Waals surface area (Å²) in [6, 6.07) is 1.59. The zero-order chi connectivity index (χ0) is 19.7. The van der Waals surface area contributed by atoms with E-state index in [4.69, 9.17) is 9.47 Å². The molecule has 0 bridgehead atoms. The number of fused-ring (bicyclic) bond motifs is 1. The lowest BCUT2D eigenvalue weighted by atomic mass is 10.0. The molecular formula is C19H19F2NO5. The molecule has 8 heteroatoms. The smallest absolute Gasteiger partial charge is 0.343 e. The van der Waals surface area contributed by atoms with Crippen molar-refractivity contribution in [1.29, 1.82) is 0 Å². The van der Waals surface area contributed by atoms with Gasteiger partial charge in [-0.1, -0.05) is 0 Å². The molecule has 1 fully saturated rings. The number of carbonyl (C=O) groups excluding carboxylic acids is 2. The van der Waals surface area contributed by atoms with Crippen LogP contribution in [0, 0.1) is 11.6 Å². The van der Waals surface area contributed by atoms with E-state index >= 15 is 0 Å². The Kier molecular flexibility index (Phi) is 5.25. The first-order chi connectivity index (χ1) is 12.9. The summed E-state index contributed by atoms with van der Waals surface area (Å²) >= 11 is 0. The third kappa shape index (κ3) is 3.56. The summed E-state index contributed by atoms with van der Waals surface area (Å²) in [6.45, 7) is 3.38. The summed E-state index contributed by atoms with van der Waals surface area (Å²) in [5.74, 6) is -3.82. The second-order valence-electron chi connectivity index (χ2n) is 6.24. The topological polar surface area (TPSA) is 74.6 Å². The SMILES string of the molecule is CCOC(=O)Cc1c(C(=O)OCC)c(=O)c2cc(F)c(F)cc2n1C1CC1. The van der Waals surface area contributed by atoms with Gasteiger partial charge >= 0.3 is 11.9 Å². The molecule has 1 aliphatic rings. The van der Waals surface area contributed by atoms with E-state index in [1.807, 2.05) is 0 Å². The minimum absolute atomic E-state index is 0.0242. The van der Waals surface area contributed by atoms with Crippen molar-refractivity contribution in [2.45, 2.75) is 39.2 Å². The van der Waals surface area contributed by atoms with Crippen LogP contribution in [0.15, 0.2) is 16.9 Å². The van der Waals surface area contributed by atoms with E-state index in [9.17, 15) is 23.2 Å². The molecule has 144 valence electrons. The van der Waals surface area contributed by atoms with E-state index in [1.54, 1.807) is 18.4 Å². The first-order valence-electron chi connectivity index (χ1n) is 8.77. The first kappa shape index (κ1) is 19.0. The normalized spacial score (nSPS) is 13.6. The number of aromatic nitrogens is 1. The number of ether oxygens (including phenoxy) is 2. The summed E-state index contributed by atoms with van der Waals surface area (Å²) in [7, 11) is 0. The Labute approximate surface area is 153 Å². The fourth-order valence-electron chi connectivity index (χ4n) is 3.13. The van der Waals surface area contributed by atoms with Gasteiger partial charge in [-0.3, -0.25) is 9.59 Å². The summed E-state index contributed by atoms with van der Waals surface area (Å²) < 4.78 is 39.1. The van der Waals surface area contributed by atoms with E-state index < -0.39 is 29.0 Å². The molecule has 0 spiro atoms. The highest BCUT2D eigenvalue weighted by molar-refractivity contribution is 5.96. The van der Waals surface area contributed by atoms with E-state index in [1.165, 1.54) is 0 Å². The number of pyridine rings is 1. The van der Waals surface area contributed by atoms with Crippen LogP contribution in [-0.2, 0) is 20.7 Å². The van der Waals surface area contributed by atoms with E-state index in [-0.39, 0.29) is 47.8 Å². The van der Waals surface area contributed by atoms with Crippen LogP contribution in [0.1, 0.15) is 48.8 Å². The molecule has 2 aromatic rings. The molecule has 0 aliphatic heterocycles. The number of halogens is 2. The van der Waals surface area contributed by atoms with Crippen molar-refractivity contribution in [2.75, 3.05) is 13.2 Å². The fourth-order valence-corrected chi connectivity index (χ4v) is 3.13. The monoisotopic (exact) mass is 379 g/mol. The Morgan fingerprint density at radius 1 is 1.11 bits per heavy atom. The average molecular weight is 379 g/mol. The predicted octanol–water partition coefficient (Wildman–Crippen LogP) is 2.90. The molecule has 0 amide bonds. The molecule has 3 rings (SSSR count). The second-order valence-corrected chi connectivity index (χ2v) is 6.24. The number of hydrogen-bond acceptors (Lipinski definition) is 5. The molecule has 0 N–H and O–H groups in total. The molecule has 0 atom stereocenters. The van der Waals surface area contributed by atoms with Gasteiger partial charge in [-0.25, -0.2) is 13.6 Å². The number of nitrogens with zero attached hydrogens (tertiary/aromatic N) is 1. The van der Waals surface area contributed by atoms with Crippen LogP contribution in [-0.4, -0.2) is 29.7 Å². The van der Waals surface area contributed by atoms with Gasteiger partial charge < -0.3 is 14.0 Å². The molecule has 1 aromatic heterocycles. The second kappa shape index (κ2) is 7.46. The van der Waals surface area contributed by atoms with E-state index in [0.29, 0.717) is 0 Å². The van der Waals surface area contributed by atoms with Crippen molar-refractivity contribution in [3.05, 3.63) is 45.2 Å². The van der Waals surface area contributed by atoms with Gasteiger partial charge in [0, 0.05) is 23.2 Å². The van der Waals surface area contributed by atoms with E-state index in [0.717, 1.165) is 25.0 Å². The molecule has 6 nitrogen and oxygen atoms in total. The van der Waals surface area contributed by atoms with Crippen LogP contribution in [0.4, 0.5) is 8.78 Å². The predicted molar refractivity (Wildman–Crippen MR) is 92.7 cm³/mol. The number of esters is 2. The van der Waals surface area contributed by atoms with Crippen LogP contribution < -0.4 is 5.43 Å². The number of rotatable bonds is 6. The van der Waals surface area contributed by atoms with Gasteiger partial charge in [-0.2, -0.15) is 0 Å². The first-order valence-corrected chi connectivity index (χ1v) is 8.77. The van der Waals surface area contributed by atoms with Gasteiger partial charge in [-0.15, -0.1) is 0 Å². The van der Waals surface area contributed by atoms with E-state index in [2.05, 4.69) is 0 Å². The number of hydrogen-bond donors (Lipinski definition) is 0. The van der Waals surface area contributed by atoms with Crippen LogP contribution >= 0.6 is 0 Å². The fraction of sp³-hybridized carbons (Fsp3) is 0.421. The molecular weight excluding hydrogens is 360 g/mol. The van der Waals surface area contributed by atoms with Crippen molar-refractivity contribution >= 4 is 22.8 Å². The molecule has 1 aliphatic carbocycles. The van der Waals surface area contributed by atoms with Crippen LogP contribution in [0.2, 0.25) is 0 Å². The quantitative estimate of drug-likeness (QED) is 0.722. The Morgan fingerprint density at radius 2 is 1.74 bits per heavy atom. The Balaban J connectivity index is 2.36. The third-order valence-corrected chi connectivity index (χ3v) is 4.36. The lowest BCUT2D eigenvalue weighted by molar-refractivity contribution is -0.142. The maximum atomic E-state index is 13.9. The highest BCUT2D eigenvalue weighted by Gasteiger charge is 2.33. The number of carbonyl (C=O) groups is 2. The van der Waals surface area contributed by atoms with Crippen molar-refractivity contribution in [2.24, 2.45) is 0 Å². The highest BCUT2D eigenvalue weighted by atomic mass is 19.2. The number of benzene rings is 1. The Morgan fingerprint density at radius 3 is 2.33 bits per heavy atom. The average Bonchev–Trinajstić information content (AvgIpc) is 3.42. The largest absolute Gasteiger partial charge is 0.466 e. The molecule has 1 saturated carbocycles. The Bertz CT molecular complexity index is 978. The summed E-state index contributed by atoms with van der Waals surface area (Å²) in [4.78, 5) is 37.5. The van der Waals surface area contributed by atoms with Crippen molar-refractivity contribution in [3.8, 4) is 0 Å². The highest BCUT2D eigenvalue weighted by Crippen LogP contribution is 2.39. The summed E-state index contributed by atoms with van der Waals surface area (Å²) in [5.41, 5.74) is -0.875. The zero-order valence-electron chi connectivity index (χ0n) is 15.0. The molecule has 0 radical (unpaired) electrons. The molecule has 0 saturated heterocycles. The van der Waals surface area contributed by atoms with Gasteiger partial charge in [0.1, 0.15) is 5.56 Å². The summed E-state index contributed by atoms with van der Waals surface area (Å²) in [5, 5.41) is -0.128. The van der Waals surface area contributed by atoms with Crippen molar-refractivity contribution in [3.63, 3.8) is 0 Å². The minimum Gasteiger partial charge on any atom is -0.466 e. The van der Waals surface area contributed by atoms with Gasteiger partial charge in [0.25, 0.3) is 0 Å². The molecule has 0 unspecified atom stereocenters. The lowest BCUT2D eigenvalue weighted by Gasteiger charge is -2.19. The van der Waals surface area contributed by atoms with Crippen molar-refractivity contribution < 1.29 is 27.8 Å². The minimum atomic E-state index is -1.19. The maximum absolute atomic E-state index is 13.9. The molecule has 27 heavy (non-hydrogen) atoms. The van der Waals surface area contributed by atoms with Crippen LogP contribution in [0.5, 0.6) is 0 Å².